The number of carbonyl (C=O) groups excluding carboxylic acids is 1. The molecule has 0 aromatic rings. The van der Waals surface area contributed by atoms with Crippen molar-refractivity contribution in [2.45, 2.75) is 26.2 Å². The largest absolute Gasteiger partial charge is 0.295 e. The lowest BCUT2D eigenvalue weighted by molar-refractivity contribution is -0.115. The minimum absolute atomic E-state index is 0.229. The van der Waals surface area contributed by atoms with Crippen molar-refractivity contribution in [1.82, 2.24) is 0 Å². The molecule has 0 N–H and O–H groups in total. The molecule has 1 aliphatic carbocycles. The van der Waals surface area contributed by atoms with Crippen molar-refractivity contribution >= 4 is 5.78 Å². The number of carbonyl (C=O) groups is 1. The molecule has 0 unspecified atom stereocenters. The van der Waals surface area contributed by atoms with E-state index in [0.717, 1.165) is 24.0 Å². The summed E-state index contributed by atoms with van der Waals surface area (Å²) in [5, 5.41) is 0. The third-order valence-electron chi connectivity index (χ3n) is 2.01. The Morgan fingerprint density at radius 3 is 2.92 bits per heavy atom. The molecule has 1 nitrogen and oxygen atoms in total. The van der Waals surface area contributed by atoms with Crippen LogP contribution in [0.5, 0.6) is 0 Å². The first-order chi connectivity index (χ1) is 6.24. The lowest BCUT2D eigenvalue weighted by atomic mass is 9.95. The summed E-state index contributed by atoms with van der Waals surface area (Å²) in [7, 11) is 0. The van der Waals surface area contributed by atoms with Gasteiger partial charge >= 0.3 is 0 Å². The number of allylic oxidation sites excluding steroid dienone is 5. The smallest absolute Gasteiger partial charge is 0.159 e. The van der Waals surface area contributed by atoms with Gasteiger partial charge < -0.3 is 0 Å². The van der Waals surface area contributed by atoms with Crippen LogP contribution >= 0.6 is 0 Å². The average Bonchev–Trinajstić information content (AvgIpc) is 2.14. The van der Waals surface area contributed by atoms with Gasteiger partial charge in [-0.05, 0) is 12.0 Å². The number of rotatable bonds is 4. The van der Waals surface area contributed by atoms with Crippen LogP contribution in [0, 0.1) is 6.42 Å². The lowest BCUT2D eigenvalue weighted by Crippen LogP contribution is -2.05. The van der Waals surface area contributed by atoms with Gasteiger partial charge in [0.1, 0.15) is 0 Å². The molecule has 0 spiro atoms. The van der Waals surface area contributed by atoms with Gasteiger partial charge in [0.15, 0.2) is 5.78 Å². The number of unbranched alkanes of at least 4 members (excludes halogenated alkanes) is 1. The van der Waals surface area contributed by atoms with Crippen molar-refractivity contribution < 1.29 is 4.79 Å². The summed E-state index contributed by atoms with van der Waals surface area (Å²) in [5.41, 5.74) is 1.70. The van der Waals surface area contributed by atoms with E-state index in [9.17, 15) is 4.79 Å². The Morgan fingerprint density at radius 1 is 1.54 bits per heavy atom. The van der Waals surface area contributed by atoms with E-state index >= 15 is 0 Å². The summed E-state index contributed by atoms with van der Waals surface area (Å²) in [5.74, 6) is 0.229. The average molecular weight is 175 g/mol. The zero-order valence-electron chi connectivity index (χ0n) is 8.05. The Labute approximate surface area is 79.8 Å². The van der Waals surface area contributed by atoms with E-state index in [4.69, 9.17) is 0 Å². The lowest BCUT2D eigenvalue weighted by Gasteiger charge is -2.08. The molecule has 69 valence electrons. The standard InChI is InChI=1S/C12H15O/c1-3-4-8-12(13)11-7-5-6-10(2)9-11/h5-7,9H,2-4,8H2,1H3. The topological polar surface area (TPSA) is 17.1 Å². The maximum atomic E-state index is 11.5. The highest BCUT2D eigenvalue weighted by Crippen LogP contribution is 2.17. The molecule has 0 saturated carbocycles. The molecule has 1 aliphatic rings. The minimum Gasteiger partial charge on any atom is -0.295 e. The van der Waals surface area contributed by atoms with Gasteiger partial charge in [-0.1, -0.05) is 38.2 Å². The van der Waals surface area contributed by atoms with Crippen LogP contribution in [0.1, 0.15) is 26.2 Å². The molecule has 0 aliphatic heterocycles. The Morgan fingerprint density at radius 2 is 2.31 bits per heavy atom. The summed E-state index contributed by atoms with van der Waals surface area (Å²) in [6.07, 6.45) is 10.2. The normalized spacial score (nSPS) is 15.8. The fourth-order valence-electron chi connectivity index (χ4n) is 1.23. The summed E-state index contributed by atoms with van der Waals surface area (Å²) in [4.78, 5) is 11.5. The molecule has 1 rings (SSSR count). The third kappa shape index (κ3) is 3.02. The second kappa shape index (κ2) is 4.80. The van der Waals surface area contributed by atoms with E-state index in [1.807, 2.05) is 24.6 Å². The highest BCUT2D eigenvalue weighted by molar-refractivity contribution is 5.98. The Bertz CT molecular complexity index is 269. The SMILES string of the molecule is C=C1[CH]C(C(=O)CCCC)=CC=C1. The van der Waals surface area contributed by atoms with Crippen LogP contribution in [-0.4, -0.2) is 5.78 Å². The maximum absolute atomic E-state index is 11.5. The zero-order valence-corrected chi connectivity index (χ0v) is 8.05. The van der Waals surface area contributed by atoms with Gasteiger partial charge in [-0.2, -0.15) is 0 Å². The fourth-order valence-corrected chi connectivity index (χ4v) is 1.23. The van der Waals surface area contributed by atoms with Gasteiger partial charge in [0.05, 0.1) is 0 Å². The van der Waals surface area contributed by atoms with E-state index in [1.54, 1.807) is 0 Å². The van der Waals surface area contributed by atoms with Crippen molar-refractivity contribution in [1.29, 1.82) is 0 Å². The van der Waals surface area contributed by atoms with Crippen LogP contribution in [0.15, 0.2) is 36.0 Å². The molecule has 13 heavy (non-hydrogen) atoms. The van der Waals surface area contributed by atoms with Crippen molar-refractivity contribution in [2.24, 2.45) is 0 Å². The van der Waals surface area contributed by atoms with Gasteiger partial charge in [-0.15, -0.1) is 0 Å². The maximum Gasteiger partial charge on any atom is 0.159 e. The van der Waals surface area contributed by atoms with Gasteiger partial charge in [-0.3, -0.25) is 4.79 Å². The second-order valence-corrected chi connectivity index (χ2v) is 3.23. The van der Waals surface area contributed by atoms with E-state index in [-0.39, 0.29) is 5.78 Å². The van der Waals surface area contributed by atoms with Gasteiger partial charge in [-0.25, -0.2) is 0 Å². The fraction of sp³-hybridized carbons (Fsp3) is 0.333. The van der Waals surface area contributed by atoms with E-state index in [1.165, 1.54) is 0 Å². The molecule has 0 aromatic carbocycles. The van der Waals surface area contributed by atoms with Gasteiger partial charge in [0.2, 0.25) is 0 Å². The molecule has 0 atom stereocenters. The predicted molar refractivity (Wildman–Crippen MR) is 55.2 cm³/mol. The minimum atomic E-state index is 0.229. The monoisotopic (exact) mass is 175 g/mol. The molecule has 0 saturated heterocycles. The highest BCUT2D eigenvalue weighted by atomic mass is 16.1. The van der Waals surface area contributed by atoms with E-state index < -0.39 is 0 Å². The summed E-state index contributed by atoms with van der Waals surface area (Å²) in [6.45, 7) is 5.88. The van der Waals surface area contributed by atoms with Crippen molar-refractivity contribution in [2.75, 3.05) is 0 Å². The quantitative estimate of drug-likeness (QED) is 0.642. The molecular weight excluding hydrogens is 160 g/mol. The van der Waals surface area contributed by atoms with Crippen LogP contribution < -0.4 is 0 Å². The third-order valence-corrected chi connectivity index (χ3v) is 2.01. The van der Waals surface area contributed by atoms with Gasteiger partial charge in [0.25, 0.3) is 0 Å². The van der Waals surface area contributed by atoms with Crippen LogP contribution in [0.25, 0.3) is 0 Å². The first kappa shape index (κ1) is 9.97. The van der Waals surface area contributed by atoms with Gasteiger partial charge in [0, 0.05) is 18.4 Å². The molecule has 0 bridgehead atoms. The van der Waals surface area contributed by atoms with E-state index in [2.05, 4.69) is 13.5 Å². The number of hydrogen-bond donors (Lipinski definition) is 0. The van der Waals surface area contributed by atoms with Crippen LogP contribution in [0.2, 0.25) is 0 Å². The summed E-state index contributed by atoms with van der Waals surface area (Å²) >= 11 is 0. The summed E-state index contributed by atoms with van der Waals surface area (Å²) in [6, 6.07) is 0. The molecule has 0 fully saturated rings. The second-order valence-electron chi connectivity index (χ2n) is 3.23. The molecule has 1 radical (unpaired) electrons. The zero-order chi connectivity index (χ0) is 9.68. The van der Waals surface area contributed by atoms with Crippen molar-refractivity contribution in [3.05, 3.63) is 42.4 Å². The molecule has 0 amide bonds. The first-order valence-corrected chi connectivity index (χ1v) is 4.69. The molecule has 0 aromatic heterocycles. The summed E-state index contributed by atoms with van der Waals surface area (Å²) < 4.78 is 0. The number of hydrogen-bond acceptors (Lipinski definition) is 1. The Balaban J connectivity index is 2.52. The first-order valence-electron chi connectivity index (χ1n) is 4.69. The van der Waals surface area contributed by atoms with Crippen molar-refractivity contribution in [3.63, 3.8) is 0 Å². The Kier molecular flexibility index (Phi) is 3.69. The van der Waals surface area contributed by atoms with Crippen LogP contribution in [0.4, 0.5) is 0 Å². The number of Topliss-reactive ketones (excluding diaryl/α,β-unsaturated/α-hetero) is 1. The molecular formula is C12H15O. The van der Waals surface area contributed by atoms with E-state index in [0.29, 0.717) is 6.42 Å². The van der Waals surface area contributed by atoms with Crippen molar-refractivity contribution in [3.8, 4) is 0 Å². The highest BCUT2D eigenvalue weighted by Gasteiger charge is 2.11. The van der Waals surface area contributed by atoms with Crippen LogP contribution in [-0.2, 0) is 4.79 Å². The number of ketones is 1. The molecule has 1 heteroatoms. The van der Waals surface area contributed by atoms with Crippen LogP contribution in [0.3, 0.4) is 0 Å². The predicted octanol–water partition coefficient (Wildman–Crippen LogP) is 3.00. The Hall–Kier alpha value is -1.11. The molecule has 0 heterocycles.